The van der Waals surface area contributed by atoms with Crippen molar-refractivity contribution >= 4 is 17.5 Å². The van der Waals surface area contributed by atoms with Gasteiger partial charge in [0, 0.05) is 35.8 Å². The van der Waals surface area contributed by atoms with Gasteiger partial charge in [-0.15, -0.1) is 0 Å². The van der Waals surface area contributed by atoms with Gasteiger partial charge in [0.05, 0.1) is 5.69 Å². The molecule has 1 saturated carbocycles. The van der Waals surface area contributed by atoms with E-state index >= 15 is 0 Å². The fraction of sp³-hybridized carbons (Fsp3) is 0.250. The molecule has 0 spiro atoms. The zero-order valence-electron chi connectivity index (χ0n) is 14.3. The van der Waals surface area contributed by atoms with E-state index in [0.717, 1.165) is 29.8 Å². The van der Waals surface area contributed by atoms with Crippen LogP contribution >= 0.6 is 0 Å². The summed E-state index contributed by atoms with van der Waals surface area (Å²) in [5.74, 6) is 1.01. The summed E-state index contributed by atoms with van der Waals surface area (Å²) < 4.78 is 13.1. The number of nitrogens with one attached hydrogen (secondary N) is 2. The molecule has 1 fully saturated rings. The molecule has 0 unspecified atom stereocenters. The highest BCUT2D eigenvalue weighted by Crippen LogP contribution is 2.26. The first-order chi connectivity index (χ1) is 12.8. The lowest BCUT2D eigenvalue weighted by molar-refractivity contribution is 0.628. The number of aromatic nitrogens is 3. The largest absolute Gasteiger partial charge is 0.351 e. The van der Waals surface area contributed by atoms with E-state index in [2.05, 4.69) is 25.6 Å². The quantitative estimate of drug-likeness (QED) is 0.694. The summed E-state index contributed by atoms with van der Waals surface area (Å²) in [6, 6.07) is 12.4. The van der Waals surface area contributed by atoms with Crippen molar-refractivity contribution in [3.63, 3.8) is 0 Å². The summed E-state index contributed by atoms with van der Waals surface area (Å²) in [6.45, 7) is 0. The molecule has 2 heterocycles. The molecule has 0 aliphatic heterocycles. The van der Waals surface area contributed by atoms with Gasteiger partial charge < -0.3 is 10.6 Å². The summed E-state index contributed by atoms with van der Waals surface area (Å²) in [5.41, 5.74) is 2.56. The number of rotatable bonds is 5. The first kappa shape index (κ1) is 16.4. The van der Waals surface area contributed by atoms with Crippen LogP contribution in [0.5, 0.6) is 0 Å². The topological polar surface area (TPSA) is 62.7 Å². The van der Waals surface area contributed by atoms with Crippen molar-refractivity contribution in [3.8, 4) is 11.3 Å². The Morgan fingerprint density at radius 1 is 0.923 bits per heavy atom. The minimum atomic E-state index is -0.265. The average molecular weight is 349 g/mol. The first-order valence-electron chi connectivity index (χ1n) is 8.85. The minimum Gasteiger partial charge on any atom is -0.351 e. The molecule has 0 atom stereocenters. The van der Waals surface area contributed by atoms with Crippen molar-refractivity contribution in [2.75, 3.05) is 10.6 Å². The molecule has 0 amide bonds. The second-order valence-electron chi connectivity index (χ2n) is 6.46. The lowest BCUT2D eigenvalue weighted by atomic mass is 10.2. The van der Waals surface area contributed by atoms with Crippen molar-refractivity contribution in [1.82, 2.24) is 15.0 Å². The van der Waals surface area contributed by atoms with Gasteiger partial charge in [-0.3, -0.25) is 4.98 Å². The molecule has 2 N–H and O–H groups in total. The van der Waals surface area contributed by atoms with Crippen LogP contribution in [-0.4, -0.2) is 21.0 Å². The number of nitrogens with zero attached hydrogens (tertiary/aromatic N) is 3. The Morgan fingerprint density at radius 3 is 2.38 bits per heavy atom. The van der Waals surface area contributed by atoms with E-state index in [9.17, 15) is 4.39 Å². The fourth-order valence-corrected chi connectivity index (χ4v) is 3.18. The van der Waals surface area contributed by atoms with E-state index < -0.39 is 0 Å². The zero-order valence-corrected chi connectivity index (χ0v) is 14.3. The van der Waals surface area contributed by atoms with E-state index in [-0.39, 0.29) is 5.82 Å². The van der Waals surface area contributed by atoms with Gasteiger partial charge in [0.2, 0.25) is 5.95 Å². The third-order valence-electron chi connectivity index (χ3n) is 4.51. The predicted molar refractivity (Wildman–Crippen MR) is 101 cm³/mol. The Kier molecular flexibility index (Phi) is 4.73. The van der Waals surface area contributed by atoms with Crippen molar-refractivity contribution in [2.45, 2.75) is 31.7 Å². The normalized spacial score (nSPS) is 14.3. The third kappa shape index (κ3) is 3.96. The summed E-state index contributed by atoms with van der Waals surface area (Å²) in [7, 11) is 0. The minimum absolute atomic E-state index is 0.265. The van der Waals surface area contributed by atoms with Crippen LogP contribution in [0.4, 0.5) is 21.8 Å². The molecule has 6 heteroatoms. The summed E-state index contributed by atoms with van der Waals surface area (Å²) in [4.78, 5) is 13.3. The molecular formula is C20H20FN5. The van der Waals surface area contributed by atoms with E-state index in [1.807, 2.05) is 18.2 Å². The lowest BCUT2D eigenvalue weighted by Crippen LogP contribution is -2.17. The number of pyridine rings is 1. The van der Waals surface area contributed by atoms with Crippen LogP contribution in [0.15, 0.2) is 54.9 Å². The van der Waals surface area contributed by atoms with Gasteiger partial charge in [-0.25, -0.2) is 9.37 Å². The molecular weight excluding hydrogens is 329 g/mol. The number of anilines is 3. The van der Waals surface area contributed by atoms with E-state index in [1.165, 1.54) is 25.0 Å². The Hall–Kier alpha value is -3.02. The van der Waals surface area contributed by atoms with Crippen LogP contribution < -0.4 is 10.6 Å². The summed E-state index contributed by atoms with van der Waals surface area (Å²) in [6.07, 6.45) is 8.25. The van der Waals surface area contributed by atoms with Gasteiger partial charge in [0.15, 0.2) is 0 Å². The highest BCUT2D eigenvalue weighted by molar-refractivity contribution is 5.67. The number of benzene rings is 1. The Bertz CT molecular complexity index is 861. The summed E-state index contributed by atoms with van der Waals surface area (Å²) >= 11 is 0. The van der Waals surface area contributed by atoms with Crippen molar-refractivity contribution in [2.24, 2.45) is 0 Å². The SMILES string of the molecule is Fc1ccc(Nc2cc(-c3ccncc3)nc(NC3CCCC3)n2)cc1. The van der Waals surface area contributed by atoms with Gasteiger partial charge in [0.1, 0.15) is 11.6 Å². The molecule has 0 radical (unpaired) electrons. The highest BCUT2D eigenvalue weighted by Gasteiger charge is 2.16. The Labute approximate surface area is 151 Å². The Balaban J connectivity index is 1.65. The van der Waals surface area contributed by atoms with E-state index in [1.54, 1.807) is 24.5 Å². The van der Waals surface area contributed by atoms with Gasteiger partial charge in [-0.1, -0.05) is 12.8 Å². The zero-order chi connectivity index (χ0) is 17.8. The highest BCUT2D eigenvalue weighted by atomic mass is 19.1. The maximum Gasteiger partial charge on any atom is 0.225 e. The maximum absolute atomic E-state index is 13.1. The van der Waals surface area contributed by atoms with Crippen LogP contribution in [0.25, 0.3) is 11.3 Å². The second-order valence-corrected chi connectivity index (χ2v) is 6.46. The molecule has 1 aliphatic rings. The number of hydrogen-bond acceptors (Lipinski definition) is 5. The van der Waals surface area contributed by atoms with Crippen LogP contribution in [-0.2, 0) is 0 Å². The predicted octanol–water partition coefficient (Wildman–Crippen LogP) is 4.78. The van der Waals surface area contributed by atoms with Crippen molar-refractivity contribution in [1.29, 1.82) is 0 Å². The fourth-order valence-electron chi connectivity index (χ4n) is 3.18. The van der Waals surface area contributed by atoms with Crippen LogP contribution in [0.1, 0.15) is 25.7 Å². The molecule has 0 bridgehead atoms. The molecule has 2 aromatic heterocycles. The second kappa shape index (κ2) is 7.47. The first-order valence-corrected chi connectivity index (χ1v) is 8.85. The summed E-state index contributed by atoms with van der Waals surface area (Å²) in [5, 5.41) is 6.68. The molecule has 132 valence electrons. The molecule has 4 rings (SSSR count). The van der Waals surface area contributed by atoms with Crippen molar-refractivity contribution < 1.29 is 4.39 Å². The maximum atomic E-state index is 13.1. The van der Waals surface area contributed by atoms with Crippen LogP contribution in [0.3, 0.4) is 0 Å². The smallest absolute Gasteiger partial charge is 0.225 e. The molecule has 0 saturated heterocycles. The van der Waals surface area contributed by atoms with Gasteiger partial charge >= 0.3 is 0 Å². The third-order valence-corrected chi connectivity index (χ3v) is 4.51. The van der Waals surface area contributed by atoms with Gasteiger partial charge in [-0.05, 0) is 49.2 Å². The van der Waals surface area contributed by atoms with Crippen LogP contribution in [0, 0.1) is 5.82 Å². The van der Waals surface area contributed by atoms with Gasteiger partial charge in [-0.2, -0.15) is 4.98 Å². The molecule has 3 aromatic rings. The Morgan fingerprint density at radius 2 is 1.65 bits per heavy atom. The number of halogens is 1. The number of hydrogen-bond donors (Lipinski definition) is 2. The average Bonchev–Trinajstić information content (AvgIpc) is 3.17. The molecule has 26 heavy (non-hydrogen) atoms. The van der Waals surface area contributed by atoms with Crippen LogP contribution in [0.2, 0.25) is 0 Å². The molecule has 5 nitrogen and oxygen atoms in total. The van der Waals surface area contributed by atoms with E-state index in [0.29, 0.717) is 17.8 Å². The lowest BCUT2D eigenvalue weighted by Gasteiger charge is -2.15. The van der Waals surface area contributed by atoms with Gasteiger partial charge in [0.25, 0.3) is 0 Å². The van der Waals surface area contributed by atoms with Crippen molar-refractivity contribution in [3.05, 3.63) is 60.7 Å². The molecule has 1 aliphatic carbocycles. The standard InChI is InChI=1S/C20H20FN5/c21-15-5-7-17(8-6-15)23-19-13-18(14-9-11-22-12-10-14)25-20(26-19)24-16-3-1-2-4-16/h5-13,16H,1-4H2,(H2,23,24,25,26). The van der Waals surface area contributed by atoms with E-state index in [4.69, 9.17) is 0 Å². The monoisotopic (exact) mass is 349 g/mol. The molecule has 1 aromatic carbocycles.